The van der Waals surface area contributed by atoms with Crippen molar-refractivity contribution in [1.82, 2.24) is 4.98 Å². The van der Waals surface area contributed by atoms with Crippen LogP contribution in [0.15, 0.2) is 12.3 Å². The molecule has 1 aromatic rings. The topological polar surface area (TPSA) is 71.5 Å². The van der Waals surface area contributed by atoms with E-state index >= 15 is 0 Å². The highest BCUT2D eigenvalue weighted by Gasteiger charge is 2.16. The Bertz CT molecular complexity index is 398. The molecule has 0 aromatic carbocycles. The standard InChI is InChI=1S/C11H15FN2O3/c1-3-17-6-7(2)14-10-9(12)8(11(15)16)4-5-13-10/h4-5,7H,3,6H2,1-2H3,(H,13,14)(H,15,16). The molecule has 0 fully saturated rings. The van der Waals surface area contributed by atoms with Crippen molar-refractivity contribution in [2.24, 2.45) is 0 Å². The van der Waals surface area contributed by atoms with Crippen molar-refractivity contribution in [3.8, 4) is 0 Å². The van der Waals surface area contributed by atoms with Gasteiger partial charge in [-0.3, -0.25) is 0 Å². The minimum Gasteiger partial charge on any atom is -0.478 e. The molecule has 1 unspecified atom stereocenters. The highest BCUT2D eigenvalue weighted by Crippen LogP contribution is 2.15. The summed E-state index contributed by atoms with van der Waals surface area (Å²) in [5.41, 5.74) is -0.397. The lowest BCUT2D eigenvalue weighted by molar-refractivity contribution is 0.0692. The Kier molecular flexibility index (Phi) is 4.84. The Morgan fingerprint density at radius 3 is 3.00 bits per heavy atom. The van der Waals surface area contributed by atoms with Crippen molar-refractivity contribution in [2.45, 2.75) is 19.9 Å². The number of nitrogens with zero attached hydrogens (tertiary/aromatic N) is 1. The molecule has 0 spiro atoms. The number of nitrogens with one attached hydrogen (secondary N) is 1. The Labute approximate surface area is 98.6 Å². The van der Waals surface area contributed by atoms with Gasteiger partial charge in [0.1, 0.15) is 5.56 Å². The van der Waals surface area contributed by atoms with Gasteiger partial charge < -0.3 is 15.2 Å². The van der Waals surface area contributed by atoms with Crippen molar-refractivity contribution in [1.29, 1.82) is 0 Å². The number of carbonyl (C=O) groups is 1. The molecule has 0 saturated heterocycles. The van der Waals surface area contributed by atoms with Crippen LogP contribution in [0.2, 0.25) is 0 Å². The van der Waals surface area contributed by atoms with Crippen LogP contribution in [0.4, 0.5) is 10.2 Å². The highest BCUT2D eigenvalue weighted by atomic mass is 19.1. The van der Waals surface area contributed by atoms with Gasteiger partial charge in [-0.1, -0.05) is 0 Å². The van der Waals surface area contributed by atoms with Crippen molar-refractivity contribution < 1.29 is 19.0 Å². The van der Waals surface area contributed by atoms with Gasteiger partial charge in [-0.2, -0.15) is 0 Å². The molecule has 1 rings (SSSR count). The smallest absolute Gasteiger partial charge is 0.338 e. The lowest BCUT2D eigenvalue weighted by atomic mass is 10.2. The van der Waals surface area contributed by atoms with Crippen molar-refractivity contribution in [3.05, 3.63) is 23.6 Å². The van der Waals surface area contributed by atoms with Crippen LogP contribution in [-0.2, 0) is 4.74 Å². The van der Waals surface area contributed by atoms with E-state index in [2.05, 4.69) is 10.3 Å². The number of carboxylic acid groups (broad SMARTS) is 1. The third kappa shape index (κ3) is 3.67. The molecule has 1 heterocycles. The maximum absolute atomic E-state index is 13.7. The maximum Gasteiger partial charge on any atom is 0.338 e. The first-order chi connectivity index (χ1) is 8.06. The van der Waals surface area contributed by atoms with Crippen molar-refractivity contribution in [2.75, 3.05) is 18.5 Å². The van der Waals surface area contributed by atoms with E-state index in [1.54, 1.807) is 6.92 Å². The predicted octanol–water partition coefficient (Wildman–Crippen LogP) is 1.76. The molecule has 17 heavy (non-hydrogen) atoms. The average molecular weight is 242 g/mol. The van der Waals surface area contributed by atoms with Crippen LogP contribution in [0.25, 0.3) is 0 Å². The third-order valence-corrected chi connectivity index (χ3v) is 2.07. The van der Waals surface area contributed by atoms with Gasteiger partial charge >= 0.3 is 5.97 Å². The first kappa shape index (κ1) is 13.4. The molecule has 6 heteroatoms. The number of aromatic carboxylic acids is 1. The summed E-state index contributed by atoms with van der Waals surface area (Å²) in [6.07, 6.45) is 1.25. The van der Waals surface area contributed by atoms with Crippen LogP contribution >= 0.6 is 0 Å². The number of hydrogen-bond donors (Lipinski definition) is 2. The summed E-state index contributed by atoms with van der Waals surface area (Å²) in [7, 11) is 0. The van der Waals surface area contributed by atoms with Gasteiger partial charge in [0, 0.05) is 18.8 Å². The Hall–Kier alpha value is -1.69. The fourth-order valence-electron chi connectivity index (χ4n) is 1.28. The molecule has 0 aliphatic carbocycles. The zero-order valence-electron chi connectivity index (χ0n) is 9.74. The Morgan fingerprint density at radius 2 is 2.41 bits per heavy atom. The first-order valence-electron chi connectivity index (χ1n) is 5.28. The van der Waals surface area contributed by atoms with Crippen LogP contribution in [-0.4, -0.2) is 35.3 Å². The van der Waals surface area contributed by atoms with Gasteiger partial charge in [0.05, 0.1) is 6.61 Å². The molecule has 0 aliphatic heterocycles. The summed E-state index contributed by atoms with van der Waals surface area (Å²) in [5, 5.41) is 11.5. The van der Waals surface area contributed by atoms with Gasteiger partial charge in [-0.05, 0) is 19.9 Å². The number of halogens is 1. The second-order valence-corrected chi connectivity index (χ2v) is 3.53. The third-order valence-electron chi connectivity index (χ3n) is 2.07. The van der Waals surface area contributed by atoms with Crippen LogP contribution < -0.4 is 5.32 Å². The molecular formula is C11H15FN2O3. The lowest BCUT2D eigenvalue weighted by Gasteiger charge is -2.15. The summed E-state index contributed by atoms with van der Waals surface area (Å²) in [5.74, 6) is -2.24. The number of aromatic nitrogens is 1. The van der Waals surface area contributed by atoms with Gasteiger partial charge in [0.25, 0.3) is 0 Å². The van der Waals surface area contributed by atoms with Gasteiger partial charge in [-0.15, -0.1) is 0 Å². The van der Waals surface area contributed by atoms with E-state index in [4.69, 9.17) is 9.84 Å². The van der Waals surface area contributed by atoms with Gasteiger partial charge in [-0.25, -0.2) is 14.2 Å². The SMILES string of the molecule is CCOCC(C)Nc1nccc(C(=O)O)c1F. The second kappa shape index (κ2) is 6.15. The summed E-state index contributed by atoms with van der Waals surface area (Å²) < 4.78 is 18.8. The highest BCUT2D eigenvalue weighted by molar-refractivity contribution is 5.88. The summed E-state index contributed by atoms with van der Waals surface area (Å²) in [6, 6.07) is 0.969. The molecular weight excluding hydrogens is 227 g/mol. The fourth-order valence-corrected chi connectivity index (χ4v) is 1.28. The number of anilines is 1. The van der Waals surface area contributed by atoms with Crippen molar-refractivity contribution in [3.63, 3.8) is 0 Å². The molecule has 5 nitrogen and oxygen atoms in total. The van der Waals surface area contributed by atoms with E-state index in [1.165, 1.54) is 6.20 Å². The van der Waals surface area contributed by atoms with Gasteiger partial charge in [0.15, 0.2) is 11.6 Å². The summed E-state index contributed by atoms with van der Waals surface area (Å²) in [6.45, 7) is 4.62. The van der Waals surface area contributed by atoms with Crippen molar-refractivity contribution >= 4 is 11.8 Å². The van der Waals surface area contributed by atoms with E-state index < -0.39 is 17.3 Å². The number of ether oxygens (including phenoxy) is 1. The fraction of sp³-hybridized carbons (Fsp3) is 0.455. The van der Waals surface area contributed by atoms with Crippen LogP contribution in [0.3, 0.4) is 0 Å². The van der Waals surface area contributed by atoms with E-state index in [-0.39, 0.29) is 11.9 Å². The zero-order chi connectivity index (χ0) is 12.8. The zero-order valence-corrected chi connectivity index (χ0v) is 9.74. The molecule has 0 amide bonds. The number of carboxylic acids is 1. The average Bonchev–Trinajstić information content (AvgIpc) is 2.28. The largest absolute Gasteiger partial charge is 0.478 e. The molecule has 94 valence electrons. The molecule has 1 aromatic heterocycles. The maximum atomic E-state index is 13.7. The summed E-state index contributed by atoms with van der Waals surface area (Å²) in [4.78, 5) is 14.5. The quantitative estimate of drug-likeness (QED) is 0.795. The molecule has 2 N–H and O–H groups in total. The van der Waals surface area contributed by atoms with Crippen LogP contribution in [0.5, 0.6) is 0 Å². The Balaban J connectivity index is 2.77. The van der Waals surface area contributed by atoms with Gasteiger partial charge in [0.2, 0.25) is 0 Å². The Morgan fingerprint density at radius 1 is 1.71 bits per heavy atom. The predicted molar refractivity (Wildman–Crippen MR) is 60.7 cm³/mol. The monoisotopic (exact) mass is 242 g/mol. The van der Waals surface area contributed by atoms with Crippen LogP contribution in [0.1, 0.15) is 24.2 Å². The van der Waals surface area contributed by atoms with E-state index in [1.807, 2.05) is 6.92 Å². The number of pyridine rings is 1. The van der Waals surface area contributed by atoms with E-state index in [0.29, 0.717) is 13.2 Å². The number of hydrogen-bond acceptors (Lipinski definition) is 4. The molecule has 0 aliphatic rings. The second-order valence-electron chi connectivity index (χ2n) is 3.53. The number of rotatable bonds is 6. The van der Waals surface area contributed by atoms with E-state index in [0.717, 1.165) is 6.07 Å². The molecule has 1 atom stereocenters. The lowest BCUT2D eigenvalue weighted by Crippen LogP contribution is -2.23. The first-order valence-corrected chi connectivity index (χ1v) is 5.28. The minimum atomic E-state index is -1.31. The minimum absolute atomic E-state index is 0.0721. The van der Waals surface area contributed by atoms with Crippen LogP contribution in [0, 0.1) is 5.82 Å². The van der Waals surface area contributed by atoms with E-state index in [9.17, 15) is 9.18 Å². The molecule has 0 saturated carbocycles. The molecule has 0 bridgehead atoms. The normalized spacial score (nSPS) is 12.2. The summed E-state index contributed by atoms with van der Waals surface area (Å²) >= 11 is 0. The molecule has 0 radical (unpaired) electrons.